The summed E-state index contributed by atoms with van der Waals surface area (Å²) < 4.78 is 0. The van der Waals surface area contributed by atoms with Gasteiger partial charge in [0, 0.05) is 17.7 Å². The van der Waals surface area contributed by atoms with Crippen molar-refractivity contribution in [2.45, 2.75) is 12.8 Å². The number of hydrogen-bond donors (Lipinski definition) is 0. The predicted octanol–water partition coefficient (Wildman–Crippen LogP) is 4.89. The standard InChI is InChI=1S/C22H20N2/c1-3-11-19(12-4-1)22(20-13-5-2-6-14-20)23-24-17-9-15-18-10-7-8-16-21(18)24/h1-8,10-14,16H,9,15,17H2. The first-order valence-corrected chi connectivity index (χ1v) is 8.47. The molecular formula is C22H20N2. The third kappa shape index (κ3) is 2.95. The highest BCUT2D eigenvalue weighted by Gasteiger charge is 2.17. The van der Waals surface area contributed by atoms with E-state index in [1.807, 2.05) is 12.1 Å². The molecule has 0 unspecified atom stereocenters. The van der Waals surface area contributed by atoms with Crippen LogP contribution in [-0.4, -0.2) is 12.3 Å². The number of nitrogens with zero attached hydrogens (tertiary/aromatic N) is 2. The van der Waals surface area contributed by atoms with Gasteiger partial charge in [-0.05, 0) is 24.5 Å². The van der Waals surface area contributed by atoms with Gasteiger partial charge in [-0.15, -0.1) is 0 Å². The van der Waals surface area contributed by atoms with Gasteiger partial charge in [-0.3, -0.25) is 5.01 Å². The van der Waals surface area contributed by atoms with Crippen LogP contribution in [0.1, 0.15) is 23.1 Å². The number of anilines is 1. The number of rotatable bonds is 3. The highest BCUT2D eigenvalue weighted by molar-refractivity contribution is 6.13. The van der Waals surface area contributed by atoms with Crippen molar-refractivity contribution in [2.75, 3.05) is 11.6 Å². The fourth-order valence-electron chi connectivity index (χ4n) is 3.21. The van der Waals surface area contributed by atoms with Crippen LogP contribution in [0.15, 0.2) is 90.0 Å². The van der Waals surface area contributed by atoms with E-state index in [1.165, 1.54) is 11.3 Å². The maximum absolute atomic E-state index is 5.07. The molecule has 4 rings (SSSR count). The number of fused-ring (bicyclic) bond motifs is 1. The second kappa shape index (κ2) is 6.71. The Hall–Kier alpha value is -2.87. The molecule has 0 saturated carbocycles. The van der Waals surface area contributed by atoms with E-state index in [9.17, 15) is 0 Å². The number of benzene rings is 3. The van der Waals surface area contributed by atoms with Gasteiger partial charge in [-0.2, -0.15) is 5.10 Å². The van der Waals surface area contributed by atoms with E-state index in [4.69, 9.17) is 5.10 Å². The molecule has 0 saturated heterocycles. The lowest BCUT2D eigenvalue weighted by molar-refractivity contribution is 0.715. The molecule has 1 aliphatic rings. The molecule has 0 radical (unpaired) electrons. The Morgan fingerprint density at radius 3 is 1.96 bits per heavy atom. The monoisotopic (exact) mass is 312 g/mol. The van der Waals surface area contributed by atoms with Crippen molar-refractivity contribution in [3.63, 3.8) is 0 Å². The third-order valence-corrected chi connectivity index (χ3v) is 4.40. The van der Waals surface area contributed by atoms with Gasteiger partial charge < -0.3 is 0 Å². The lowest BCUT2D eigenvalue weighted by atomic mass is 10.0. The molecule has 0 aromatic heterocycles. The molecule has 24 heavy (non-hydrogen) atoms. The van der Waals surface area contributed by atoms with E-state index in [-0.39, 0.29) is 0 Å². The van der Waals surface area contributed by atoms with Gasteiger partial charge >= 0.3 is 0 Å². The molecule has 118 valence electrons. The Labute approximate surface area is 143 Å². The van der Waals surface area contributed by atoms with E-state index < -0.39 is 0 Å². The van der Waals surface area contributed by atoms with Crippen molar-refractivity contribution in [3.05, 3.63) is 102 Å². The molecule has 3 aromatic carbocycles. The molecule has 0 atom stereocenters. The zero-order chi connectivity index (χ0) is 16.2. The zero-order valence-electron chi connectivity index (χ0n) is 13.6. The highest BCUT2D eigenvalue weighted by Crippen LogP contribution is 2.27. The number of aryl methyl sites for hydroxylation is 1. The second-order valence-electron chi connectivity index (χ2n) is 6.04. The van der Waals surface area contributed by atoms with Crippen molar-refractivity contribution in [1.82, 2.24) is 0 Å². The minimum atomic E-state index is 0.959. The van der Waals surface area contributed by atoms with Crippen LogP contribution in [0.5, 0.6) is 0 Å². The highest BCUT2D eigenvalue weighted by atomic mass is 15.5. The van der Waals surface area contributed by atoms with Crippen LogP contribution in [-0.2, 0) is 6.42 Å². The van der Waals surface area contributed by atoms with Gasteiger partial charge in [0.25, 0.3) is 0 Å². The Balaban J connectivity index is 1.82. The first-order chi connectivity index (χ1) is 11.9. The van der Waals surface area contributed by atoms with Crippen LogP contribution >= 0.6 is 0 Å². The maximum atomic E-state index is 5.07. The largest absolute Gasteiger partial charge is 0.265 e. The minimum absolute atomic E-state index is 0.959. The molecule has 0 N–H and O–H groups in total. The normalized spacial score (nSPS) is 13.2. The topological polar surface area (TPSA) is 15.6 Å². The van der Waals surface area contributed by atoms with Gasteiger partial charge in [0.05, 0.1) is 11.4 Å². The molecule has 3 aromatic rings. The van der Waals surface area contributed by atoms with Crippen molar-refractivity contribution in [1.29, 1.82) is 0 Å². The fourth-order valence-corrected chi connectivity index (χ4v) is 3.21. The van der Waals surface area contributed by atoms with E-state index in [1.54, 1.807) is 0 Å². The smallest absolute Gasteiger partial charge is 0.0980 e. The van der Waals surface area contributed by atoms with Gasteiger partial charge in [0.15, 0.2) is 0 Å². The van der Waals surface area contributed by atoms with Gasteiger partial charge in [-0.25, -0.2) is 0 Å². The van der Waals surface area contributed by atoms with Crippen molar-refractivity contribution in [2.24, 2.45) is 5.10 Å². The van der Waals surface area contributed by atoms with Crippen LogP contribution in [0.3, 0.4) is 0 Å². The summed E-state index contributed by atoms with van der Waals surface area (Å²) in [6.07, 6.45) is 2.27. The summed E-state index contributed by atoms with van der Waals surface area (Å²) in [5, 5.41) is 7.23. The summed E-state index contributed by atoms with van der Waals surface area (Å²) >= 11 is 0. The molecule has 0 bridgehead atoms. The first kappa shape index (κ1) is 14.7. The first-order valence-electron chi connectivity index (χ1n) is 8.47. The average Bonchev–Trinajstić information content (AvgIpc) is 2.67. The third-order valence-electron chi connectivity index (χ3n) is 4.40. The summed E-state index contributed by atoms with van der Waals surface area (Å²) in [5.74, 6) is 0. The number of hydrogen-bond acceptors (Lipinski definition) is 2. The molecule has 2 nitrogen and oxygen atoms in total. The summed E-state index contributed by atoms with van der Waals surface area (Å²) in [6, 6.07) is 29.5. The Morgan fingerprint density at radius 1 is 0.708 bits per heavy atom. The van der Waals surface area contributed by atoms with Crippen LogP contribution in [0.2, 0.25) is 0 Å². The Morgan fingerprint density at radius 2 is 1.29 bits per heavy atom. The van der Waals surface area contributed by atoms with Crippen LogP contribution in [0.25, 0.3) is 0 Å². The maximum Gasteiger partial charge on any atom is 0.0980 e. The van der Waals surface area contributed by atoms with Gasteiger partial charge in [0.2, 0.25) is 0 Å². The Kier molecular flexibility index (Phi) is 4.11. The van der Waals surface area contributed by atoms with Gasteiger partial charge in [0.1, 0.15) is 0 Å². The second-order valence-corrected chi connectivity index (χ2v) is 6.04. The molecule has 0 amide bonds. The van der Waals surface area contributed by atoms with Crippen LogP contribution in [0.4, 0.5) is 5.69 Å². The minimum Gasteiger partial charge on any atom is -0.265 e. The van der Waals surface area contributed by atoms with Crippen LogP contribution < -0.4 is 5.01 Å². The van der Waals surface area contributed by atoms with E-state index in [0.717, 1.165) is 36.2 Å². The predicted molar refractivity (Wildman–Crippen MR) is 101 cm³/mol. The SMILES string of the molecule is c1ccc(C(=NN2CCCc3ccccc32)c2ccccc2)cc1. The fraction of sp³-hybridized carbons (Fsp3) is 0.136. The molecule has 2 heteroatoms. The van der Waals surface area contributed by atoms with Crippen LogP contribution in [0, 0.1) is 0 Å². The van der Waals surface area contributed by atoms with Crippen molar-refractivity contribution in [3.8, 4) is 0 Å². The average molecular weight is 312 g/mol. The molecule has 0 fully saturated rings. The summed E-state index contributed by atoms with van der Waals surface area (Å²) in [6.45, 7) is 0.959. The molecule has 0 spiro atoms. The number of para-hydroxylation sites is 1. The summed E-state index contributed by atoms with van der Waals surface area (Å²) in [5.41, 5.74) is 5.92. The zero-order valence-corrected chi connectivity index (χ0v) is 13.6. The van der Waals surface area contributed by atoms with E-state index >= 15 is 0 Å². The van der Waals surface area contributed by atoms with E-state index in [2.05, 4.69) is 77.8 Å². The lowest BCUT2D eigenvalue weighted by Crippen LogP contribution is -2.26. The Bertz CT molecular complexity index is 797. The molecular weight excluding hydrogens is 292 g/mol. The summed E-state index contributed by atoms with van der Waals surface area (Å²) in [7, 11) is 0. The van der Waals surface area contributed by atoms with E-state index in [0.29, 0.717) is 0 Å². The summed E-state index contributed by atoms with van der Waals surface area (Å²) in [4.78, 5) is 0. The molecule has 1 heterocycles. The number of hydrazone groups is 1. The quantitative estimate of drug-likeness (QED) is 0.629. The lowest BCUT2D eigenvalue weighted by Gasteiger charge is -2.28. The molecule has 0 aliphatic carbocycles. The molecule has 1 aliphatic heterocycles. The van der Waals surface area contributed by atoms with Crippen molar-refractivity contribution >= 4 is 11.4 Å². The van der Waals surface area contributed by atoms with Gasteiger partial charge in [-0.1, -0.05) is 78.9 Å². The van der Waals surface area contributed by atoms with Crippen molar-refractivity contribution < 1.29 is 0 Å².